The van der Waals surface area contributed by atoms with Gasteiger partial charge in [-0.05, 0) is 31.9 Å². The predicted molar refractivity (Wildman–Crippen MR) is 136 cm³/mol. The van der Waals surface area contributed by atoms with Crippen molar-refractivity contribution in [2.45, 2.75) is 47.1 Å². The Morgan fingerprint density at radius 2 is 1.80 bits per heavy atom. The zero-order chi connectivity index (χ0) is 24.9. The molecule has 0 spiro atoms. The fraction of sp³-hybridized carbons (Fsp3) is 0.259. The first kappa shape index (κ1) is 24.3. The van der Waals surface area contributed by atoms with Crippen molar-refractivity contribution in [1.82, 2.24) is 9.97 Å². The minimum Gasteiger partial charge on any atom is -0.459 e. The quantitative estimate of drug-likeness (QED) is 0.279. The van der Waals surface area contributed by atoms with Crippen molar-refractivity contribution in [3.05, 3.63) is 82.3 Å². The SMILES string of the molecule is CC(=O)N(c1nc(COC(=O)CCc2ncc(-c3ccccc3)o2)cs1)c1c(C)cc(C)cc1C. The van der Waals surface area contributed by atoms with E-state index in [1.54, 1.807) is 16.5 Å². The van der Waals surface area contributed by atoms with Crippen LogP contribution in [0.1, 0.15) is 41.6 Å². The largest absolute Gasteiger partial charge is 0.459 e. The predicted octanol–water partition coefficient (Wildman–Crippen LogP) is 6.08. The number of carbonyl (C=O) groups excluding carboxylic acids is 2. The van der Waals surface area contributed by atoms with Crippen LogP contribution in [0.4, 0.5) is 10.8 Å². The number of oxazole rings is 1. The first-order chi connectivity index (χ1) is 16.8. The van der Waals surface area contributed by atoms with Crippen molar-refractivity contribution in [3.8, 4) is 11.3 Å². The van der Waals surface area contributed by atoms with Gasteiger partial charge in [0.2, 0.25) is 5.91 Å². The molecule has 0 bridgehead atoms. The van der Waals surface area contributed by atoms with Gasteiger partial charge in [0.1, 0.15) is 6.61 Å². The monoisotopic (exact) mass is 489 g/mol. The number of hydrogen-bond donors (Lipinski definition) is 0. The Morgan fingerprint density at radius 1 is 1.09 bits per heavy atom. The molecule has 1 amide bonds. The molecule has 180 valence electrons. The maximum Gasteiger partial charge on any atom is 0.306 e. The molecule has 0 aliphatic rings. The van der Waals surface area contributed by atoms with Crippen LogP contribution < -0.4 is 4.90 Å². The second-order valence-electron chi connectivity index (χ2n) is 8.37. The van der Waals surface area contributed by atoms with Gasteiger partial charge >= 0.3 is 5.97 Å². The average molecular weight is 490 g/mol. The minimum absolute atomic E-state index is 0.0355. The number of amides is 1. The Morgan fingerprint density at radius 3 is 2.49 bits per heavy atom. The standard InChI is InChI=1S/C27H27N3O4S/c1-17-12-18(2)26(19(3)13-17)30(20(4)31)27-29-22(16-35-27)15-33-25(32)11-10-24-28-14-23(34-24)21-8-6-5-7-9-21/h5-9,12-14,16H,10-11,15H2,1-4H3. The zero-order valence-electron chi connectivity index (χ0n) is 20.2. The fourth-order valence-corrected chi connectivity index (χ4v) is 4.83. The number of rotatable bonds is 8. The van der Waals surface area contributed by atoms with Crippen LogP contribution in [0.15, 0.2) is 58.5 Å². The molecule has 0 radical (unpaired) electrons. The highest BCUT2D eigenvalue weighted by Gasteiger charge is 2.22. The lowest BCUT2D eigenvalue weighted by Crippen LogP contribution is -2.24. The number of esters is 1. The number of aromatic nitrogens is 2. The van der Waals surface area contributed by atoms with Crippen molar-refractivity contribution < 1.29 is 18.7 Å². The van der Waals surface area contributed by atoms with Crippen molar-refractivity contribution >= 4 is 34.0 Å². The van der Waals surface area contributed by atoms with E-state index < -0.39 is 0 Å². The maximum atomic E-state index is 12.5. The number of anilines is 2. The van der Waals surface area contributed by atoms with Gasteiger partial charge in [-0.15, -0.1) is 11.3 Å². The van der Waals surface area contributed by atoms with Crippen LogP contribution in [-0.4, -0.2) is 21.8 Å². The summed E-state index contributed by atoms with van der Waals surface area (Å²) >= 11 is 1.34. The third-order valence-electron chi connectivity index (χ3n) is 5.44. The van der Waals surface area contributed by atoms with Crippen molar-refractivity contribution in [2.24, 2.45) is 0 Å². The van der Waals surface area contributed by atoms with Crippen LogP contribution in [0.5, 0.6) is 0 Å². The Bertz CT molecular complexity index is 1320. The first-order valence-corrected chi connectivity index (χ1v) is 12.2. The molecule has 0 saturated carbocycles. The van der Waals surface area contributed by atoms with Crippen LogP contribution in [0.3, 0.4) is 0 Å². The van der Waals surface area contributed by atoms with E-state index in [2.05, 4.69) is 9.97 Å². The number of benzene rings is 2. The van der Waals surface area contributed by atoms with Crippen LogP contribution in [0.25, 0.3) is 11.3 Å². The van der Waals surface area contributed by atoms with E-state index in [9.17, 15) is 9.59 Å². The third kappa shape index (κ3) is 5.84. The van der Waals surface area contributed by atoms with Gasteiger partial charge in [-0.3, -0.25) is 14.5 Å². The number of carbonyl (C=O) groups is 2. The Labute approximate surface area is 208 Å². The zero-order valence-corrected chi connectivity index (χ0v) is 21.0. The molecular weight excluding hydrogens is 462 g/mol. The second-order valence-corrected chi connectivity index (χ2v) is 9.20. The second kappa shape index (κ2) is 10.7. The van der Waals surface area contributed by atoms with Crippen LogP contribution in [0, 0.1) is 20.8 Å². The molecule has 0 saturated heterocycles. The molecule has 8 heteroatoms. The molecule has 7 nitrogen and oxygen atoms in total. The molecule has 4 rings (SSSR count). The van der Waals surface area contributed by atoms with Gasteiger partial charge in [-0.1, -0.05) is 48.0 Å². The van der Waals surface area contributed by atoms with Gasteiger partial charge in [0.15, 0.2) is 16.8 Å². The third-order valence-corrected chi connectivity index (χ3v) is 6.32. The summed E-state index contributed by atoms with van der Waals surface area (Å²) < 4.78 is 11.1. The summed E-state index contributed by atoms with van der Waals surface area (Å²) in [5.74, 6) is 0.655. The molecule has 0 aliphatic carbocycles. The van der Waals surface area contributed by atoms with Crippen molar-refractivity contribution in [1.29, 1.82) is 0 Å². The van der Waals surface area contributed by atoms with Gasteiger partial charge in [0.25, 0.3) is 0 Å². The number of aryl methyl sites for hydroxylation is 4. The molecule has 0 N–H and O–H groups in total. The number of hydrogen-bond acceptors (Lipinski definition) is 7. The Hall–Kier alpha value is -3.78. The number of thiazole rings is 1. The molecule has 2 aromatic heterocycles. The smallest absolute Gasteiger partial charge is 0.306 e. The van der Waals surface area contributed by atoms with E-state index in [4.69, 9.17) is 9.15 Å². The molecule has 2 aromatic carbocycles. The normalized spacial score (nSPS) is 10.9. The van der Waals surface area contributed by atoms with Gasteiger partial charge in [0.05, 0.1) is 24.0 Å². The summed E-state index contributed by atoms with van der Waals surface area (Å²) in [7, 11) is 0. The fourth-order valence-electron chi connectivity index (χ4n) is 3.98. The van der Waals surface area contributed by atoms with Gasteiger partial charge < -0.3 is 9.15 Å². The molecule has 4 aromatic rings. The highest BCUT2D eigenvalue weighted by Crippen LogP contribution is 2.34. The van der Waals surface area contributed by atoms with Crippen LogP contribution in [0.2, 0.25) is 0 Å². The summed E-state index contributed by atoms with van der Waals surface area (Å²) in [5.41, 5.74) is 5.51. The molecule has 0 atom stereocenters. The summed E-state index contributed by atoms with van der Waals surface area (Å²) in [6.45, 7) is 7.55. The van der Waals surface area contributed by atoms with Crippen molar-refractivity contribution in [2.75, 3.05) is 4.90 Å². The lowest BCUT2D eigenvalue weighted by molar-refractivity contribution is -0.145. The molecule has 0 fully saturated rings. The van der Waals surface area contributed by atoms with E-state index >= 15 is 0 Å². The highest BCUT2D eigenvalue weighted by atomic mass is 32.1. The topological polar surface area (TPSA) is 85.5 Å². The Kier molecular flexibility index (Phi) is 7.41. The molecule has 0 unspecified atom stereocenters. The first-order valence-electron chi connectivity index (χ1n) is 11.3. The molecular formula is C27H27N3O4S. The minimum atomic E-state index is -0.368. The van der Waals surface area contributed by atoms with Crippen molar-refractivity contribution in [3.63, 3.8) is 0 Å². The van der Waals surface area contributed by atoms with Crippen LogP contribution >= 0.6 is 11.3 Å². The summed E-state index contributed by atoms with van der Waals surface area (Å²) in [5, 5.41) is 2.35. The van der Waals surface area contributed by atoms with E-state index in [0.29, 0.717) is 28.9 Å². The Balaban J connectivity index is 1.35. The van der Waals surface area contributed by atoms with Gasteiger partial charge in [0, 0.05) is 24.3 Å². The molecule has 0 aliphatic heterocycles. The van der Waals surface area contributed by atoms with Gasteiger partial charge in [-0.25, -0.2) is 9.97 Å². The molecule has 35 heavy (non-hydrogen) atoms. The van der Waals surface area contributed by atoms with E-state index in [-0.39, 0.29) is 24.9 Å². The van der Waals surface area contributed by atoms with E-state index in [0.717, 1.165) is 27.9 Å². The lowest BCUT2D eigenvalue weighted by Gasteiger charge is -2.23. The number of ether oxygens (including phenoxy) is 1. The average Bonchev–Trinajstić information content (AvgIpc) is 3.49. The van der Waals surface area contributed by atoms with Gasteiger partial charge in [-0.2, -0.15) is 0 Å². The van der Waals surface area contributed by atoms with E-state index in [1.165, 1.54) is 18.3 Å². The summed E-state index contributed by atoms with van der Waals surface area (Å²) in [6.07, 6.45) is 2.15. The highest BCUT2D eigenvalue weighted by molar-refractivity contribution is 7.14. The molecule has 2 heterocycles. The summed E-state index contributed by atoms with van der Waals surface area (Å²) in [6, 6.07) is 13.8. The lowest BCUT2D eigenvalue weighted by atomic mass is 10.0. The summed E-state index contributed by atoms with van der Waals surface area (Å²) in [4.78, 5) is 35.2. The maximum absolute atomic E-state index is 12.5. The number of nitrogens with zero attached hydrogens (tertiary/aromatic N) is 3. The van der Waals surface area contributed by atoms with E-state index in [1.807, 2.05) is 63.2 Å². The van der Waals surface area contributed by atoms with Crippen LogP contribution in [-0.2, 0) is 27.4 Å².